The van der Waals surface area contributed by atoms with Crippen molar-refractivity contribution in [3.63, 3.8) is 0 Å². The van der Waals surface area contributed by atoms with Crippen molar-refractivity contribution in [3.05, 3.63) is 16.1 Å². The Hall–Kier alpha value is -1.02. The van der Waals surface area contributed by atoms with Crippen LogP contribution in [-0.4, -0.2) is 60.4 Å². The van der Waals surface area contributed by atoms with Crippen LogP contribution in [0.4, 0.5) is 0 Å². The SMILES string of the molecule is O=C(NCCO)c1csc(CN2CCOCC2)n1. The molecule has 2 rings (SSSR count). The lowest BCUT2D eigenvalue weighted by Crippen LogP contribution is -2.35. The van der Waals surface area contributed by atoms with Crippen molar-refractivity contribution < 1.29 is 14.6 Å². The predicted molar refractivity (Wildman–Crippen MR) is 67.6 cm³/mol. The lowest BCUT2D eigenvalue weighted by atomic mass is 10.4. The van der Waals surface area contributed by atoms with Crippen LogP contribution in [0, 0.1) is 0 Å². The molecule has 2 heterocycles. The number of hydrogen-bond donors (Lipinski definition) is 2. The van der Waals surface area contributed by atoms with E-state index in [0.29, 0.717) is 5.69 Å². The smallest absolute Gasteiger partial charge is 0.270 e. The summed E-state index contributed by atoms with van der Waals surface area (Å²) in [4.78, 5) is 18.2. The number of ether oxygens (including phenoxy) is 1. The van der Waals surface area contributed by atoms with Gasteiger partial charge in [-0.2, -0.15) is 0 Å². The number of nitrogens with one attached hydrogen (secondary N) is 1. The van der Waals surface area contributed by atoms with Crippen LogP contribution in [0.2, 0.25) is 0 Å². The van der Waals surface area contributed by atoms with Crippen molar-refractivity contribution in [2.24, 2.45) is 0 Å². The van der Waals surface area contributed by atoms with Crippen molar-refractivity contribution >= 4 is 17.2 Å². The maximum atomic E-state index is 11.6. The van der Waals surface area contributed by atoms with Crippen molar-refractivity contribution in [2.45, 2.75) is 6.54 Å². The number of rotatable bonds is 5. The molecule has 0 aliphatic carbocycles. The second kappa shape index (κ2) is 6.79. The largest absolute Gasteiger partial charge is 0.395 e. The van der Waals surface area contributed by atoms with E-state index in [4.69, 9.17) is 9.84 Å². The molecule has 1 fully saturated rings. The molecule has 0 spiro atoms. The molecular weight excluding hydrogens is 254 g/mol. The molecule has 0 unspecified atom stereocenters. The Balaban J connectivity index is 1.86. The number of hydrogen-bond acceptors (Lipinski definition) is 6. The highest BCUT2D eigenvalue weighted by Crippen LogP contribution is 2.13. The van der Waals surface area contributed by atoms with Gasteiger partial charge in [0, 0.05) is 25.0 Å². The van der Waals surface area contributed by atoms with Gasteiger partial charge in [-0.15, -0.1) is 11.3 Å². The number of amides is 1. The van der Waals surface area contributed by atoms with E-state index in [-0.39, 0.29) is 19.1 Å². The van der Waals surface area contributed by atoms with E-state index < -0.39 is 0 Å². The van der Waals surface area contributed by atoms with Crippen LogP contribution >= 0.6 is 11.3 Å². The molecule has 1 aliphatic heterocycles. The van der Waals surface area contributed by atoms with E-state index in [1.54, 1.807) is 5.38 Å². The van der Waals surface area contributed by atoms with Crippen molar-refractivity contribution in [2.75, 3.05) is 39.5 Å². The van der Waals surface area contributed by atoms with Crippen LogP contribution in [0.25, 0.3) is 0 Å². The predicted octanol–water partition coefficient (Wildman–Crippen LogP) is -0.303. The maximum Gasteiger partial charge on any atom is 0.270 e. The topological polar surface area (TPSA) is 74.7 Å². The Labute approximate surface area is 110 Å². The summed E-state index contributed by atoms with van der Waals surface area (Å²) in [6.07, 6.45) is 0. The summed E-state index contributed by atoms with van der Waals surface area (Å²) in [5.74, 6) is -0.228. The van der Waals surface area contributed by atoms with Gasteiger partial charge in [-0.25, -0.2) is 4.98 Å². The third-order valence-corrected chi connectivity index (χ3v) is 3.48. The number of thiazole rings is 1. The van der Waals surface area contributed by atoms with Crippen LogP contribution in [0.1, 0.15) is 15.5 Å². The standard InChI is InChI=1S/C11H17N3O3S/c15-4-1-12-11(16)9-8-18-10(13-9)7-14-2-5-17-6-3-14/h8,15H,1-7H2,(H,12,16). The molecule has 0 bridgehead atoms. The highest BCUT2D eigenvalue weighted by atomic mass is 32.1. The average Bonchev–Trinajstić information content (AvgIpc) is 2.86. The Kier molecular flexibility index (Phi) is 5.06. The number of aliphatic hydroxyl groups excluding tert-OH is 1. The third-order valence-electron chi connectivity index (χ3n) is 2.64. The number of nitrogens with zero attached hydrogens (tertiary/aromatic N) is 2. The number of aliphatic hydroxyl groups is 1. The minimum Gasteiger partial charge on any atom is -0.395 e. The number of carbonyl (C=O) groups is 1. The first-order valence-electron chi connectivity index (χ1n) is 5.93. The zero-order valence-corrected chi connectivity index (χ0v) is 10.9. The van der Waals surface area contributed by atoms with E-state index in [9.17, 15) is 4.79 Å². The summed E-state index contributed by atoms with van der Waals surface area (Å²) in [6.45, 7) is 4.30. The van der Waals surface area contributed by atoms with Gasteiger partial charge in [0.2, 0.25) is 0 Å². The van der Waals surface area contributed by atoms with Gasteiger partial charge in [0.25, 0.3) is 5.91 Å². The fraction of sp³-hybridized carbons (Fsp3) is 0.636. The molecule has 0 radical (unpaired) electrons. The van der Waals surface area contributed by atoms with Crippen LogP contribution in [-0.2, 0) is 11.3 Å². The molecule has 6 nitrogen and oxygen atoms in total. The van der Waals surface area contributed by atoms with Crippen molar-refractivity contribution in [3.8, 4) is 0 Å². The van der Waals surface area contributed by atoms with Gasteiger partial charge in [0.15, 0.2) is 0 Å². The molecule has 18 heavy (non-hydrogen) atoms. The fourth-order valence-corrected chi connectivity index (χ4v) is 2.51. The summed E-state index contributed by atoms with van der Waals surface area (Å²) < 4.78 is 5.28. The van der Waals surface area contributed by atoms with Crippen LogP contribution in [0.15, 0.2) is 5.38 Å². The zero-order valence-electron chi connectivity index (χ0n) is 10.1. The zero-order chi connectivity index (χ0) is 12.8. The van der Waals surface area contributed by atoms with E-state index in [1.165, 1.54) is 11.3 Å². The average molecular weight is 271 g/mol. The normalized spacial score (nSPS) is 16.7. The van der Waals surface area contributed by atoms with E-state index in [2.05, 4.69) is 15.2 Å². The molecule has 7 heteroatoms. The van der Waals surface area contributed by atoms with Crippen molar-refractivity contribution in [1.82, 2.24) is 15.2 Å². The Bertz CT molecular complexity index is 391. The van der Waals surface area contributed by atoms with Gasteiger partial charge < -0.3 is 15.2 Å². The quantitative estimate of drug-likeness (QED) is 0.769. The first-order chi connectivity index (χ1) is 8.79. The minimum absolute atomic E-state index is 0.0590. The lowest BCUT2D eigenvalue weighted by Gasteiger charge is -2.25. The Morgan fingerprint density at radius 1 is 1.56 bits per heavy atom. The monoisotopic (exact) mass is 271 g/mol. The molecule has 100 valence electrons. The number of morpholine rings is 1. The van der Waals surface area contributed by atoms with Gasteiger partial charge in [-0.05, 0) is 0 Å². The Morgan fingerprint density at radius 2 is 2.33 bits per heavy atom. The molecule has 0 saturated carbocycles. The molecule has 1 aromatic heterocycles. The first-order valence-corrected chi connectivity index (χ1v) is 6.81. The molecule has 2 N–H and O–H groups in total. The van der Waals surface area contributed by atoms with Gasteiger partial charge in [0.05, 0.1) is 26.4 Å². The number of aromatic nitrogens is 1. The molecular formula is C11H17N3O3S. The molecule has 0 aromatic carbocycles. The summed E-state index contributed by atoms with van der Waals surface area (Å²) in [5, 5.41) is 13.9. The molecule has 1 aromatic rings. The van der Waals surface area contributed by atoms with Crippen LogP contribution in [0.5, 0.6) is 0 Å². The Morgan fingerprint density at radius 3 is 3.06 bits per heavy atom. The van der Waals surface area contributed by atoms with Crippen molar-refractivity contribution in [1.29, 1.82) is 0 Å². The van der Waals surface area contributed by atoms with E-state index in [0.717, 1.165) is 37.9 Å². The summed E-state index contributed by atoms with van der Waals surface area (Å²) >= 11 is 1.49. The maximum absolute atomic E-state index is 11.6. The summed E-state index contributed by atoms with van der Waals surface area (Å²) in [5.41, 5.74) is 0.428. The highest BCUT2D eigenvalue weighted by molar-refractivity contribution is 7.09. The molecule has 1 amide bonds. The van der Waals surface area contributed by atoms with Crippen LogP contribution < -0.4 is 5.32 Å². The molecule has 1 aliphatic rings. The fourth-order valence-electron chi connectivity index (χ4n) is 1.70. The van der Waals surface area contributed by atoms with Gasteiger partial charge in [-0.1, -0.05) is 0 Å². The number of carbonyl (C=O) groups excluding carboxylic acids is 1. The van der Waals surface area contributed by atoms with Crippen LogP contribution in [0.3, 0.4) is 0 Å². The highest BCUT2D eigenvalue weighted by Gasteiger charge is 2.14. The summed E-state index contributed by atoms with van der Waals surface area (Å²) in [7, 11) is 0. The molecule has 0 atom stereocenters. The lowest BCUT2D eigenvalue weighted by molar-refractivity contribution is 0.0341. The summed E-state index contributed by atoms with van der Waals surface area (Å²) in [6, 6.07) is 0. The van der Waals surface area contributed by atoms with Gasteiger partial charge >= 0.3 is 0 Å². The van der Waals surface area contributed by atoms with E-state index in [1.807, 2.05) is 0 Å². The van der Waals surface area contributed by atoms with Gasteiger partial charge in [0.1, 0.15) is 10.7 Å². The second-order valence-corrected chi connectivity index (χ2v) is 4.94. The first kappa shape index (κ1) is 13.4. The third kappa shape index (κ3) is 3.74. The molecule has 1 saturated heterocycles. The van der Waals surface area contributed by atoms with E-state index >= 15 is 0 Å². The minimum atomic E-state index is -0.228. The van der Waals surface area contributed by atoms with Gasteiger partial charge in [-0.3, -0.25) is 9.69 Å². The second-order valence-electron chi connectivity index (χ2n) is 3.99.